The zero-order valence-electron chi connectivity index (χ0n) is 44.8. The van der Waals surface area contributed by atoms with Crippen LogP contribution in [0.3, 0.4) is 0 Å². The van der Waals surface area contributed by atoms with E-state index in [4.69, 9.17) is 20.3 Å². The van der Waals surface area contributed by atoms with Crippen LogP contribution in [-0.2, 0) is 33.9 Å². The Kier molecular flexibility index (Phi) is 31.5. The molecule has 2 aliphatic heterocycles. The summed E-state index contributed by atoms with van der Waals surface area (Å²) in [6.45, 7) is 24.2. The molecule has 2 amide bonds. The summed E-state index contributed by atoms with van der Waals surface area (Å²) in [6, 6.07) is 31.1. The Hall–Kier alpha value is -5.27. The zero-order valence-corrected chi connectivity index (χ0v) is 46.4. The molecule has 73 heavy (non-hydrogen) atoms. The van der Waals surface area contributed by atoms with Crippen molar-refractivity contribution in [3.05, 3.63) is 156 Å². The smallest absolute Gasteiger partial charge is 0.407 e. The summed E-state index contributed by atoms with van der Waals surface area (Å²) < 4.78 is 11.4. The van der Waals surface area contributed by atoms with Crippen molar-refractivity contribution in [3.63, 3.8) is 0 Å². The average Bonchev–Trinajstić information content (AvgIpc) is 3.31. The van der Waals surface area contributed by atoms with E-state index in [1.54, 1.807) is 32.2 Å². The maximum absolute atomic E-state index is 12.1. The predicted molar refractivity (Wildman–Crippen MR) is 308 cm³/mol. The molecular weight excluding hydrogens is 977 g/mol. The zero-order chi connectivity index (χ0) is 53.5. The van der Waals surface area contributed by atoms with E-state index in [1.165, 1.54) is 51.3 Å². The first-order valence-electron chi connectivity index (χ1n) is 25.7. The van der Waals surface area contributed by atoms with Crippen molar-refractivity contribution >= 4 is 40.8 Å². The lowest BCUT2D eigenvalue weighted by molar-refractivity contribution is -0.146. The molecule has 6 rings (SSSR count). The number of hydrogen-bond acceptors (Lipinski definition) is 8. The number of hydrogen-bond donors (Lipinski definition) is 4. The molecule has 0 atom stereocenters. The second-order valence-corrected chi connectivity index (χ2v) is 22.4. The number of ether oxygens (including phenoxy) is 2. The highest BCUT2D eigenvalue weighted by Crippen LogP contribution is 2.48. The maximum atomic E-state index is 12.1. The van der Waals surface area contributed by atoms with Crippen LogP contribution in [-0.4, -0.2) is 56.6 Å². The minimum absolute atomic E-state index is 0. The number of alkyl carbamates (subject to hydrolysis) is 2. The van der Waals surface area contributed by atoms with Crippen LogP contribution in [0.5, 0.6) is 0 Å². The van der Waals surface area contributed by atoms with Crippen LogP contribution in [0.25, 0.3) is 0 Å². The fourth-order valence-corrected chi connectivity index (χ4v) is 8.94. The number of nitrogens with one attached hydrogen (secondary N) is 2. The van der Waals surface area contributed by atoms with Crippen molar-refractivity contribution in [2.45, 2.75) is 194 Å². The lowest BCUT2D eigenvalue weighted by atomic mass is 9.25. The summed E-state index contributed by atoms with van der Waals surface area (Å²) in [6.07, 6.45) is 22.9. The highest BCUT2D eigenvalue weighted by atomic mass is 79.9. The number of pyridine rings is 2. The normalized spacial score (nSPS) is 14.8. The van der Waals surface area contributed by atoms with Gasteiger partial charge < -0.3 is 30.9 Å². The topological polar surface area (TPSA) is 166 Å². The first-order chi connectivity index (χ1) is 34.0. The van der Waals surface area contributed by atoms with Gasteiger partial charge in [-0.2, -0.15) is 0 Å². The van der Waals surface area contributed by atoms with Crippen LogP contribution in [0.2, 0.25) is 18.0 Å². The van der Waals surface area contributed by atoms with Crippen molar-refractivity contribution in [1.82, 2.24) is 20.6 Å². The molecule has 2 bridgehead atoms. The molecule has 0 aliphatic carbocycles. The van der Waals surface area contributed by atoms with E-state index in [0.717, 1.165) is 65.5 Å². The van der Waals surface area contributed by atoms with Crippen LogP contribution in [0.4, 0.5) is 9.59 Å². The van der Waals surface area contributed by atoms with Crippen molar-refractivity contribution in [3.8, 4) is 0 Å². The van der Waals surface area contributed by atoms with Gasteiger partial charge in [-0.05, 0) is 145 Å². The number of aryl methyl sites for hydroxylation is 1. The van der Waals surface area contributed by atoms with Crippen LogP contribution < -0.4 is 16.4 Å². The monoisotopic (exact) mass is 1070 g/mol. The number of aliphatic carboxylic acids is 1. The van der Waals surface area contributed by atoms with Gasteiger partial charge in [0.25, 0.3) is 0 Å². The number of amides is 2. The predicted octanol–water partition coefficient (Wildman–Crippen LogP) is 15.6. The molecule has 2 fully saturated rings. The Morgan fingerprint density at radius 2 is 1.15 bits per heavy atom. The van der Waals surface area contributed by atoms with Crippen LogP contribution in [0.1, 0.15) is 157 Å². The Bertz CT molecular complexity index is 2100. The number of allylic oxidation sites excluding steroid dienone is 1. The van der Waals surface area contributed by atoms with E-state index >= 15 is 0 Å². The van der Waals surface area contributed by atoms with Gasteiger partial charge in [0.05, 0.1) is 5.41 Å². The molecule has 2 aromatic carbocycles. The molecule has 0 radical (unpaired) electrons. The number of carbonyl (C=O) groups is 3. The standard InChI is InChI=1S/C22H34BNO2.C14H19NO2.C11H18N2.C7H12O2.C5H4BrN.CH4/c1-22(2,24-21(25)26-17-18-9-4-3-5-10-18)15-8-16-23-19-11-6-12-20(23)14-7-13-19;1-4-10-14(2,3)15-13(16)17-11-12-8-6-5-7-9-12;1-11(2,12)8-5-7-10-6-3-4-9-13-10;1-4-5-7(2,3)6(8)9;6-5-3-1-2-4-7-5;/h3-5,9-10,19-20H,6-8,11-17H2,1-2H3,(H,24,25);4-9H,1,10-11H2,2-3H3,(H,15,16);3-4,6,9H,5,7-8,12H2,1-2H3;4H,1,5H2,2-3H3,(H,8,9);1-4H;1H4. The molecule has 0 spiro atoms. The molecule has 5 N–H and O–H groups in total. The largest absolute Gasteiger partial charge is 0.481 e. The first kappa shape index (κ1) is 65.7. The number of nitrogens with two attached hydrogens (primary N) is 1. The third-order valence-electron chi connectivity index (χ3n) is 12.7. The number of halogens is 1. The number of nitrogens with zero attached hydrogens (tertiary/aromatic N) is 2. The van der Waals surface area contributed by atoms with E-state index in [-0.39, 0.29) is 36.7 Å². The minimum atomic E-state index is -0.776. The van der Waals surface area contributed by atoms with E-state index in [0.29, 0.717) is 19.4 Å². The summed E-state index contributed by atoms with van der Waals surface area (Å²) in [5.41, 5.74) is 7.80. The number of carboxylic acid groups (broad SMARTS) is 1. The van der Waals surface area contributed by atoms with Gasteiger partial charge >= 0.3 is 18.2 Å². The highest BCUT2D eigenvalue weighted by molar-refractivity contribution is 9.10. The van der Waals surface area contributed by atoms with E-state index < -0.39 is 17.5 Å². The average molecular weight is 1070 g/mol. The summed E-state index contributed by atoms with van der Waals surface area (Å²) in [4.78, 5) is 42.2. The van der Waals surface area contributed by atoms with Crippen molar-refractivity contribution in [2.24, 2.45) is 11.1 Å². The molecular formula is C60H91BBrN5O6. The molecule has 2 aliphatic rings. The maximum Gasteiger partial charge on any atom is 0.407 e. The number of carbonyl (C=O) groups excluding carboxylic acids is 2. The molecule has 2 aromatic heterocycles. The fraction of sp³-hybridized carbons (Fsp3) is 0.517. The van der Waals surface area contributed by atoms with Crippen molar-refractivity contribution in [1.29, 1.82) is 0 Å². The number of carboxylic acids is 1. The Morgan fingerprint density at radius 1 is 0.685 bits per heavy atom. The lowest BCUT2D eigenvalue weighted by Crippen LogP contribution is -2.44. The van der Waals surface area contributed by atoms with E-state index in [2.05, 4.69) is 83.5 Å². The number of rotatable bonds is 19. The Morgan fingerprint density at radius 3 is 1.53 bits per heavy atom. The molecule has 13 heteroatoms. The van der Waals surface area contributed by atoms with Crippen LogP contribution >= 0.6 is 15.9 Å². The molecule has 0 saturated carbocycles. The van der Waals surface area contributed by atoms with Gasteiger partial charge in [-0.25, -0.2) is 14.6 Å². The van der Waals surface area contributed by atoms with E-state index in [1.807, 2.05) is 111 Å². The van der Waals surface area contributed by atoms with Crippen molar-refractivity contribution in [2.75, 3.05) is 0 Å². The Balaban J connectivity index is 0.000000492. The third kappa shape index (κ3) is 31.2. The summed E-state index contributed by atoms with van der Waals surface area (Å²) in [7, 11) is 0. The minimum Gasteiger partial charge on any atom is -0.481 e. The molecule has 2 saturated heterocycles. The van der Waals surface area contributed by atoms with Crippen molar-refractivity contribution < 1.29 is 29.0 Å². The second-order valence-electron chi connectivity index (χ2n) is 21.6. The van der Waals surface area contributed by atoms with Gasteiger partial charge in [-0.15, -0.1) is 13.2 Å². The molecule has 4 heterocycles. The quantitative estimate of drug-likeness (QED) is 0.0406. The van der Waals surface area contributed by atoms with E-state index in [9.17, 15) is 14.4 Å². The summed E-state index contributed by atoms with van der Waals surface area (Å²) >= 11 is 3.20. The van der Waals surface area contributed by atoms with Gasteiger partial charge in [0.1, 0.15) is 24.5 Å². The molecule has 0 unspecified atom stereocenters. The number of aromatic nitrogens is 2. The SMILES string of the molecule is Brc1ccccn1.C.C=CCC(C)(C)C(=O)O.C=CCC(C)(C)NC(=O)OCc1ccccc1.CC(C)(CCCB1C2CCCC1CCC2)NC(=O)OCc1ccccc1.CC(C)(N)CCCc1ccccn1. The van der Waals surface area contributed by atoms with Gasteiger partial charge in [-0.1, -0.05) is 155 Å². The van der Waals surface area contributed by atoms with Gasteiger partial charge in [0.15, 0.2) is 0 Å². The number of fused-ring (bicyclic) bond motifs is 2. The fourth-order valence-electron chi connectivity index (χ4n) is 8.67. The van der Waals surface area contributed by atoms with Gasteiger partial charge in [-0.3, -0.25) is 9.78 Å². The highest BCUT2D eigenvalue weighted by Gasteiger charge is 2.38. The summed E-state index contributed by atoms with van der Waals surface area (Å²) in [5, 5.41) is 14.4. The molecule has 402 valence electrons. The molecule has 4 aromatic rings. The van der Waals surface area contributed by atoms with Crippen LogP contribution in [0, 0.1) is 5.41 Å². The third-order valence-corrected chi connectivity index (χ3v) is 13.1. The number of benzene rings is 2. The first-order valence-corrected chi connectivity index (χ1v) is 26.5. The van der Waals surface area contributed by atoms with Gasteiger partial charge in [0.2, 0.25) is 0 Å². The van der Waals surface area contributed by atoms with Gasteiger partial charge in [0, 0.05) is 34.7 Å². The lowest BCUT2D eigenvalue weighted by Gasteiger charge is -2.41. The Labute approximate surface area is 449 Å². The summed E-state index contributed by atoms with van der Waals surface area (Å²) in [5.74, 6) is 1.19. The molecule has 11 nitrogen and oxygen atoms in total. The van der Waals surface area contributed by atoms with Crippen LogP contribution in [0.15, 0.2) is 139 Å². The second kappa shape index (κ2) is 35.0.